The van der Waals surface area contributed by atoms with E-state index in [4.69, 9.17) is 0 Å². The molecule has 2 heterocycles. The van der Waals surface area contributed by atoms with Crippen molar-refractivity contribution < 1.29 is 23.1 Å². The first-order valence-corrected chi connectivity index (χ1v) is 11.3. The highest BCUT2D eigenvalue weighted by atomic mass is 19.2. The van der Waals surface area contributed by atoms with Crippen LogP contribution in [-0.2, 0) is 0 Å². The molecule has 2 aromatic rings. The molecule has 4 rings (SSSR count). The van der Waals surface area contributed by atoms with Crippen molar-refractivity contribution in [3.05, 3.63) is 70.8 Å². The number of halogens is 3. The molecule has 1 fully saturated rings. The zero-order valence-corrected chi connectivity index (χ0v) is 19.8. The van der Waals surface area contributed by atoms with Gasteiger partial charge in [0.1, 0.15) is 11.3 Å². The average Bonchev–Trinajstić information content (AvgIpc) is 3.11. The largest absolute Gasteiger partial charge is 0.386 e. The van der Waals surface area contributed by atoms with Crippen molar-refractivity contribution in [3.63, 3.8) is 0 Å². The van der Waals surface area contributed by atoms with Gasteiger partial charge in [-0.15, -0.1) is 0 Å². The molecule has 2 aliphatic rings. The molecule has 1 amide bonds. The Bertz CT molecular complexity index is 1150. The number of β-amino-alcohol motifs (C(OH)–C–C–N with tert-alkyl or cyclic N) is 1. The highest BCUT2D eigenvalue weighted by Crippen LogP contribution is 2.32. The van der Waals surface area contributed by atoms with Crippen LogP contribution in [0.3, 0.4) is 0 Å². The Morgan fingerprint density at radius 3 is 2.66 bits per heavy atom. The Morgan fingerprint density at radius 2 is 2.00 bits per heavy atom. The Hall–Kier alpha value is -3.42. The van der Waals surface area contributed by atoms with Crippen LogP contribution in [0.25, 0.3) is 0 Å². The van der Waals surface area contributed by atoms with Crippen molar-refractivity contribution in [3.8, 4) is 0 Å². The fourth-order valence-corrected chi connectivity index (χ4v) is 4.13. The van der Waals surface area contributed by atoms with Gasteiger partial charge in [-0.05, 0) is 51.1 Å². The van der Waals surface area contributed by atoms with Crippen LogP contribution >= 0.6 is 0 Å². The third kappa shape index (κ3) is 5.31. The van der Waals surface area contributed by atoms with Gasteiger partial charge in [0.25, 0.3) is 5.91 Å². The number of carbonyl (C=O) groups is 1. The van der Waals surface area contributed by atoms with E-state index in [1.165, 1.54) is 11.0 Å². The van der Waals surface area contributed by atoms with E-state index in [1.54, 1.807) is 6.92 Å². The molecule has 0 radical (unpaired) electrons. The van der Waals surface area contributed by atoms with E-state index in [0.29, 0.717) is 25.1 Å². The number of benzene rings is 1. The molecule has 4 N–H and O–H groups in total. The summed E-state index contributed by atoms with van der Waals surface area (Å²) in [6, 6.07) is 8.31. The van der Waals surface area contributed by atoms with Gasteiger partial charge in [-0.1, -0.05) is 6.07 Å². The Morgan fingerprint density at radius 1 is 1.26 bits per heavy atom. The first kappa shape index (κ1) is 24.7. The number of hydrogen-bond acceptors (Lipinski definition) is 6. The quantitative estimate of drug-likeness (QED) is 0.429. The van der Waals surface area contributed by atoms with Crippen LogP contribution < -0.4 is 16.0 Å². The summed E-state index contributed by atoms with van der Waals surface area (Å²) < 4.78 is 42.8. The lowest BCUT2D eigenvalue weighted by atomic mass is 9.89. The molecule has 0 spiro atoms. The summed E-state index contributed by atoms with van der Waals surface area (Å²) in [5.74, 6) is -3.82. The molecule has 0 unspecified atom stereocenters. The number of hydrogen-bond donors (Lipinski definition) is 4. The third-order valence-corrected chi connectivity index (χ3v) is 6.25. The Kier molecular flexibility index (Phi) is 6.83. The molecule has 186 valence electrons. The van der Waals surface area contributed by atoms with Gasteiger partial charge in [0.2, 0.25) is 0 Å². The van der Waals surface area contributed by atoms with Gasteiger partial charge in [-0.3, -0.25) is 4.79 Å². The van der Waals surface area contributed by atoms with E-state index < -0.39 is 34.6 Å². The number of nitrogens with zero attached hydrogens (tertiary/aromatic N) is 2. The lowest BCUT2D eigenvalue weighted by molar-refractivity contribution is -0.0850. The summed E-state index contributed by atoms with van der Waals surface area (Å²) in [5.41, 5.74) is -0.465. The number of nitrogens with one attached hydrogen (secondary N) is 3. The first-order valence-electron chi connectivity index (χ1n) is 11.3. The van der Waals surface area contributed by atoms with Crippen LogP contribution in [0.4, 0.5) is 24.5 Å². The van der Waals surface area contributed by atoms with Crippen molar-refractivity contribution in [1.82, 2.24) is 20.4 Å². The Balaban J connectivity index is 1.37. The number of carbonyl (C=O) groups excluding carboxylic acids is 1. The molecule has 0 bridgehead atoms. The van der Waals surface area contributed by atoms with Crippen LogP contribution in [0.2, 0.25) is 0 Å². The van der Waals surface area contributed by atoms with Gasteiger partial charge in [-0.2, -0.15) is 0 Å². The van der Waals surface area contributed by atoms with Crippen LogP contribution in [0.1, 0.15) is 29.3 Å². The lowest BCUT2D eigenvalue weighted by Crippen LogP contribution is -2.64. The van der Waals surface area contributed by atoms with Crippen molar-refractivity contribution in [1.29, 1.82) is 0 Å². The molecule has 10 heteroatoms. The molecule has 0 aliphatic carbocycles. The molecule has 0 aromatic heterocycles. The van der Waals surface area contributed by atoms with Gasteiger partial charge >= 0.3 is 0 Å². The van der Waals surface area contributed by atoms with E-state index in [2.05, 4.69) is 33.0 Å². The second-order valence-electron chi connectivity index (χ2n) is 9.16. The number of anilines is 2. The van der Waals surface area contributed by atoms with Crippen molar-refractivity contribution in [2.24, 2.45) is 0 Å². The van der Waals surface area contributed by atoms with Gasteiger partial charge < -0.3 is 30.9 Å². The summed E-state index contributed by atoms with van der Waals surface area (Å²) in [7, 11) is 1.98. The van der Waals surface area contributed by atoms with Crippen LogP contribution in [0.15, 0.2) is 30.1 Å². The molecular formula is C25H28F3N5O2. The van der Waals surface area contributed by atoms with E-state index in [9.17, 15) is 23.1 Å². The topological polar surface area (TPSA) is 79.9 Å². The summed E-state index contributed by atoms with van der Waals surface area (Å²) in [6.07, 6.45) is 2.66. The van der Waals surface area contributed by atoms with E-state index in [-0.39, 0.29) is 30.5 Å². The summed E-state index contributed by atoms with van der Waals surface area (Å²) >= 11 is 0. The second-order valence-corrected chi connectivity index (χ2v) is 9.16. The van der Waals surface area contributed by atoms with Crippen LogP contribution in [0, 0.1) is 36.5 Å². The molecule has 35 heavy (non-hydrogen) atoms. The standard InChI is InChI=1S/C25H28F3N5O2/c1-15-4-7-21(20(27)10-15)31-23-18(5-6-19(26)22(23)28)24(34)33-13-25(35,14-33)8-9-29-11-17-12-32(3)16(2)30-17/h5-6,10,12,16,29-31,35H,8-9,11,13-14H2,1-3H3/t16-/m0/s1. The number of rotatable bonds is 8. The van der Waals surface area contributed by atoms with Crippen molar-refractivity contribution >= 4 is 17.3 Å². The molecular weight excluding hydrogens is 459 g/mol. The fraction of sp³-hybridized carbons (Fsp3) is 0.400. The molecule has 1 saturated heterocycles. The molecule has 1 atom stereocenters. The summed E-state index contributed by atoms with van der Waals surface area (Å²) in [6.45, 7) is 4.92. The summed E-state index contributed by atoms with van der Waals surface area (Å²) in [5, 5.41) is 19.8. The predicted octanol–water partition coefficient (Wildman–Crippen LogP) is 2.65. The normalized spacial score (nSPS) is 18.5. The van der Waals surface area contributed by atoms with Crippen LogP contribution in [-0.4, -0.2) is 65.8 Å². The van der Waals surface area contributed by atoms with Gasteiger partial charge in [-0.25, -0.2) is 13.2 Å². The van der Waals surface area contributed by atoms with E-state index in [0.717, 1.165) is 17.8 Å². The van der Waals surface area contributed by atoms with Crippen molar-refractivity contribution in [2.45, 2.75) is 32.0 Å². The highest BCUT2D eigenvalue weighted by Gasteiger charge is 2.44. The highest BCUT2D eigenvalue weighted by molar-refractivity contribution is 6.01. The zero-order chi connectivity index (χ0) is 25.3. The smallest absolute Gasteiger partial charge is 0.256 e. The van der Waals surface area contributed by atoms with Gasteiger partial charge in [0, 0.05) is 31.1 Å². The minimum Gasteiger partial charge on any atom is -0.386 e. The van der Waals surface area contributed by atoms with Gasteiger partial charge in [0.15, 0.2) is 17.5 Å². The van der Waals surface area contributed by atoms with E-state index >= 15 is 0 Å². The second kappa shape index (κ2) is 9.68. The maximum Gasteiger partial charge on any atom is 0.256 e. The van der Waals surface area contributed by atoms with Gasteiger partial charge in [0.05, 0.1) is 30.5 Å². The minimum absolute atomic E-state index is 0.0471. The molecule has 7 nitrogen and oxygen atoms in total. The zero-order valence-electron chi connectivity index (χ0n) is 19.8. The number of aliphatic hydroxyl groups is 1. The molecule has 2 aliphatic heterocycles. The average molecular weight is 488 g/mol. The van der Waals surface area contributed by atoms with Crippen LogP contribution in [0.5, 0.6) is 0 Å². The van der Waals surface area contributed by atoms with E-state index in [1.807, 2.05) is 20.2 Å². The third-order valence-electron chi connectivity index (χ3n) is 6.25. The number of likely N-dealkylation sites (tertiary alicyclic amines) is 1. The SMILES string of the molecule is Cc1c#cc(Nc2c(C(=O)N3CC(O)(CCNCC4=CN(C)[C@@H](C)N4)C3)ccc(F)c2F)c(F)c1. The summed E-state index contributed by atoms with van der Waals surface area (Å²) in [4.78, 5) is 16.4. The maximum atomic E-state index is 14.6. The minimum atomic E-state index is -1.31. The fourth-order valence-electron chi connectivity index (χ4n) is 4.13. The lowest BCUT2D eigenvalue weighted by Gasteiger charge is -2.46. The monoisotopic (exact) mass is 487 g/mol. The molecule has 0 saturated carbocycles. The first-order chi connectivity index (χ1) is 16.6. The van der Waals surface area contributed by atoms with Crippen molar-refractivity contribution in [2.75, 3.05) is 38.5 Å². The number of aryl methyl sites for hydroxylation is 1. The Labute approximate surface area is 202 Å². The number of amides is 1. The maximum absolute atomic E-state index is 14.6. The predicted molar refractivity (Wildman–Crippen MR) is 125 cm³/mol. The molecule has 2 aromatic carbocycles.